The molecule has 0 N–H and O–H groups in total. The number of aryl methyl sites for hydroxylation is 1. The molecule has 2 aromatic carbocycles. The van der Waals surface area contributed by atoms with E-state index >= 15 is 0 Å². The van der Waals surface area contributed by atoms with E-state index in [0.717, 1.165) is 13.0 Å². The second-order valence-electron chi connectivity index (χ2n) is 14.5. The molecule has 46 heavy (non-hydrogen) atoms. The monoisotopic (exact) mass is 627 g/mol. The molecule has 0 amide bonds. The number of benzene rings is 2. The Hall–Kier alpha value is -2.35. The van der Waals surface area contributed by atoms with Gasteiger partial charge in [0.15, 0.2) is 0 Å². The molecule has 1 aromatic heterocycles. The van der Waals surface area contributed by atoms with E-state index in [0.29, 0.717) is 5.92 Å². The van der Waals surface area contributed by atoms with Crippen LogP contribution in [0.15, 0.2) is 73.1 Å². The maximum absolute atomic E-state index is 5.13. The lowest BCUT2D eigenvalue weighted by molar-refractivity contribution is 0.321. The maximum Gasteiger partial charge on any atom is 0.112 e. The van der Waals surface area contributed by atoms with Gasteiger partial charge in [-0.3, -0.25) is 0 Å². The summed E-state index contributed by atoms with van der Waals surface area (Å²) in [7, 11) is 0. The van der Waals surface area contributed by atoms with Crippen molar-refractivity contribution in [3.8, 4) is 0 Å². The summed E-state index contributed by atoms with van der Waals surface area (Å²) in [6.45, 7) is 8.22. The molecule has 0 aliphatic rings. The highest BCUT2D eigenvalue weighted by molar-refractivity contribution is 5.33. The largest absolute Gasteiger partial charge is 0.335 e. The summed E-state index contributed by atoms with van der Waals surface area (Å²) in [6.07, 6.45) is 35.7. The van der Waals surface area contributed by atoms with Crippen LogP contribution in [0.25, 0.3) is 0 Å². The zero-order valence-electron chi connectivity index (χ0n) is 30.4. The zero-order valence-corrected chi connectivity index (χ0v) is 30.4. The third-order valence-electron chi connectivity index (χ3n) is 10.5. The molecule has 3 rings (SSSR count). The predicted molar refractivity (Wildman–Crippen MR) is 202 cm³/mol. The first-order valence-electron chi connectivity index (χ1n) is 19.8. The van der Waals surface area contributed by atoms with E-state index in [1.165, 1.54) is 158 Å². The van der Waals surface area contributed by atoms with Gasteiger partial charge in [0.2, 0.25) is 0 Å². The summed E-state index contributed by atoms with van der Waals surface area (Å²) in [4.78, 5) is 5.13. The molecule has 2 nitrogen and oxygen atoms in total. The van der Waals surface area contributed by atoms with E-state index in [1.807, 2.05) is 0 Å². The molecular weight excluding hydrogens is 556 g/mol. The summed E-state index contributed by atoms with van der Waals surface area (Å²) in [5.74, 6) is 1.69. The fourth-order valence-electron chi connectivity index (χ4n) is 7.60. The summed E-state index contributed by atoms with van der Waals surface area (Å²) in [6, 6.07) is 22.5. The normalized spacial score (nSPS) is 13.5. The molecule has 0 fully saturated rings. The second-order valence-corrected chi connectivity index (χ2v) is 14.5. The van der Waals surface area contributed by atoms with Gasteiger partial charge < -0.3 is 4.57 Å². The maximum atomic E-state index is 5.13. The van der Waals surface area contributed by atoms with Crippen molar-refractivity contribution >= 4 is 0 Å². The average molecular weight is 627 g/mol. The number of imidazole rings is 1. The number of aromatic nitrogens is 2. The van der Waals surface area contributed by atoms with Crippen LogP contribution in [0, 0.1) is 0 Å². The van der Waals surface area contributed by atoms with E-state index in [9.17, 15) is 0 Å². The molecule has 3 aromatic rings. The van der Waals surface area contributed by atoms with Crippen molar-refractivity contribution in [3.05, 3.63) is 90.0 Å². The molecule has 0 radical (unpaired) electrons. The van der Waals surface area contributed by atoms with E-state index in [-0.39, 0.29) is 5.41 Å². The van der Waals surface area contributed by atoms with Crippen molar-refractivity contribution in [2.75, 3.05) is 0 Å². The summed E-state index contributed by atoms with van der Waals surface area (Å²) in [5.41, 5.74) is 2.84. The molecule has 2 atom stereocenters. The van der Waals surface area contributed by atoms with Crippen LogP contribution in [0.3, 0.4) is 0 Å². The highest BCUT2D eigenvalue weighted by Crippen LogP contribution is 2.44. The lowest BCUT2D eigenvalue weighted by Crippen LogP contribution is -2.35. The van der Waals surface area contributed by atoms with E-state index in [4.69, 9.17) is 4.98 Å². The Bertz CT molecular complexity index is 1100. The summed E-state index contributed by atoms with van der Waals surface area (Å²) >= 11 is 0. The number of hydrogen-bond acceptors (Lipinski definition) is 1. The quantitative estimate of drug-likeness (QED) is 0.0733. The molecule has 0 bridgehead atoms. The molecule has 0 aliphatic heterocycles. The first-order chi connectivity index (χ1) is 22.7. The van der Waals surface area contributed by atoms with Gasteiger partial charge in [-0.2, -0.15) is 0 Å². The Morgan fingerprint density at radius 2 is 1.02 bits per heavy atom. The van der Waals surface area contributed by atoms with Crippen molar-refractivity contribution in [1.82, 2.24) is 9.55 Å². The average Bonchev–Trinajstić information content (AvgIpc) is 3.54. The number of rotatable bonds is 28. The Kier molecular flexibility index (Phi) is 19.8. The van der Waals surface area contributed by atoms with Gasteiger partial charge in [-0.05, 0) is 30.4 Å². The molecule has 256 valence electrons. The highest BCUT2D eigenvalue weighted by Gasteiger charge is 2.39. The third kappa shape index (κ3) is 14.2. The van der Waals surface area contributed by atoms with Gasteiger partial charge in [0, 0.05) is 30.3 Å². The van der Waals surface area contributed by atoms with Gasteiger partial charge >= 0.3 is 0 Å². The Balaban J connectivity index is 1.58. The molecule has 1 heterocycles. The number of hydrogen-bond donors (Lipinski definition) is 0. The van der Waals surface area contributed by atoms with Gasteiger partial charge in [0.05, 0.1) is 0 Å². The lowest BCUT2D eigenvalue weighted by atomic mass is 9.66. The minimum atomic E-state index is -0.0250. The first-order valence-corrected chi connectivity index (χ1v) is 19.8. The summed E-state index contributed by atoms with van der Waals surface area (Å²) in [5, 5.41) is 0. The van der Waals surface area contributed by atoms with Crippen molar-refractivity contribution in [3.63, 3.8) is 0 Å². The first kappa shape index (κ1) is 38.1. The number of unbranched alkanes of at least 4 members (excludes halogenated alkanes) is 19. The van der Waals surface area contributed by atoms with Crippen LogP contribution in [-0.4, -0.2) is 9.55 Å². The van der Waals surface area contributed by atoms with Crippen molar-refractivity contribution in [2.24, 2.45) is 0 Å². The number of nitrogens with zero attached hydrogens (tertiary/aromatic N) is 2. The Morgan fingerprint density at radius 1 is 0.565 bits per heavy atom. The van der Waals surface area contributed by atoms with Crippen LogP contribution in [0.5, 0.6) is 0 Å². The van der Waals surface area contributed by atoms with Crippen LogP contribution in [0.2, 0.25) is 0 Å². The van der Waals surface area contributed by atoms with Gasteiger partial charge in [0.1, 0.15) is 5.82 Å². The standard InChI is InChI=1S/C44H70N2/c1-4-6-8-10-12-13-14-15-16-17-18-19-20-21-29-35-42(43-45-36-38-46(43)37-30-22-11-9-7-5-2)44(3,41-33-27-24-28-34-41)39-40-31-25-23-26-32-40/h23-28,31-34,36,38,42H,4-22,29-30,35,37,39H2,1-3H3. The molecule has 0 aliphatic carbocycles. The SMILES string of the molecule is CCCCCCCCCCCCCCCCCC(c1nccn1CCCCCCCC)C(C)(Cc1ccccc1)c1ccccc1. The molecule has 2 heteroatoms. The highest BCUT2D eigenvalue weighted by atomic mass is 15.1. The van der Waals surface area contributed by atoms with Crippen LogP contribution < -0.4 is 0 Å². The van der Waals surface area contributed by atoms with E-state index < -0.39 is 0 Å². The van der Waals surface area contributed by atoms with Crippen LogP contribution in [0.1, 0.15) is 185 Å². The molecular formula is C44H70N2. The molecule has 0 spiro atoms. The minimum Gasteiger partial charge on any atom is -0.335 e. The van der Waals surface area contributed by atoms with Crippen LogP contribution in [-0.2, 0) is 18.4 Å². The van der Waals surface area contributed by atoms with Crippen molar-refractivity contribution in [1.29, 1.82) is 0 Å². The topological polar surface area (TPSA) is 17.8 Å². The van der Waals surface area contributed by atoms with Crippen LogP contribution >= 0.6 is 0 Å². The van der Waals surface area contributed by atoms with Crippen molar-refractivity contribution < 1.29 is 0 Å². The smallest absolute Gasteiger partial charge is 0.112 e. The van der Waals surface area contributed by atoms with Gasteiger partial charge in [-0.25, -0.2) is 4.98 Å². The minimum absolute atomic E-state index is 0.0250. The van der Waals surface area contributed by atoms with E-state index in [2.05, 4.69) is 98.4 Å². The van der Waals surface area contributed by atoms with E-state index in [1.54, 1.807) is 0 Å². The Morgan fingerprint density at radius 3 is 1.54 bits per heavy atom. The lowest BCUT2D eigenvalue weighted by Gasteiger charge is -2.39. The van der Waals surface area contributed by atoms with Crippen LogP contribution in [0.4, 0.5) is 0 Å². The second kappa shape index (κ2) is 23.9. The predicted octanol–water partition coefficient (Wildman–Crippen LogP) is 13.8. The zero-order chi connectivity index (χ0) is 32.5. The summed E-state index contributed by atoms with van der Waals surface area (Å²) < 4.78 is 2.52. The van der Waals surface area contributed by atoms with Gasteiger partial charge in [-0.15, -0.1) is 0 Å². The molecule has 0 saturated carbocycles. The van der Waals surface area contributed by atoms with Gasteiger partial charge in [-0.1, -0.05) is 210 Å². The molecule has 2 unspecified atom stereocenters. The fourth-order valence-corrected chi connectivity index (χ4v) is 7.60. The molecule has 0 saturated heterocycles. The van der Waals surface area contributed by atoms with Gasteiger partial charge in [0.25, 0.3) is 0 Å². The van der Waals surface area contributed by atoms with Crippen molar-refractivity contribution in [2.45, 2.75) is 186 Å². The Labute approximate surface area is 285 Å². The third-order valence-corrected chi connectivity index (χ3v) is 10.5. The fraction of sp³-hybridized carbons (Fsp3) is 0.659.